The molecule has 7 heteroatoms. The van der Waals surface area contributed by atoms with Gasteiger partial charge in [-0.2, -0.15) is 9.65 Å². The van der Waals surface area contributed by atoms with Crippen molar-refractivity contribution >= 4 is 16.8 Å². The van der Waals surface area contributed by atoms with Crippen molar-refractivity contribution < 1.29 is 4.55 Å². The summed E-state index contributed by atoms with van der Waals surface area (Å²) in [5.41, 5.74) is 7.00. The Kier molecular flexibility index (Phi) is 6.10. The standard InChI is InChI=1S/C28H32N5OS/c1-35(34)25-4-2-3-23(15-25)26-17-31-33-18-24(16-30-27(26)33)22-7-5-21(6-8-22)9-12-32-13-10-28(11-14-32)19-29-20-28/h2-8,15-18,29,34H,9-14,19-20H2,1H3/q+1. The molecule has 0 saturated carbocycles. The minimum absolute atomic E-state index is 0.616. The molecule has 0 bridgehead atoms. The van der Waals surface area contributed by atoms with Crippen LogP contribution in [0, 0.1) is 5.41 Å². The van der Waals surface area contributed by atoms with Crippen molar-refractivity contribution in [3.63, 3.8) is 0 Å². The molecule has 6 rings (SSSR count). The molecule has 2 aromatic heterocycles. The highest BCUT2D eigenvalue weighted by molar-refractivity contribution is 7.90. The van der Waals surface area contributed by atoms with E-state index < -0.39 is 11.2 Å². The molecule has 0 aliphatic carbocycles. The van der Waals surface area contributed by atoms with Crippen LogP contribution >= 0.6 is 0 Å². The van der Waals surface area contributed by atoms with Gasteiger partial charge in [0, 0.05) is 49.2 Å². The van der Waals surface area contributed by atoms with Crippen LogP contribution in [-0.4, -0.2) is 63.0 Å². The minimum Gasteiger partial charge on any atom is -0.316 e. The second-order valence-electron chi connectivity index (χ2n) is 10.1. The Morgan fingerprint density at radius 3 is 2.51 bits per heavy atom. The first kappa shape index (κ1) is 22.7. The highest BCUT2D eigenvalue weighted by Crippen LogP contribution is 2.35. The highest BCUT2D eigenvalue weighted by atomic mass is 32.2. The molecule has 4 heterocycles. The summed E-state index contributed by atoms with van der Waals surface area (Å²) in [6.07, 6.45) is 11.4. The molecule has 2 aromatic carbocycles. The zero-order valence-electron chi connectivity index (χ0n) is 20.2. The predicted octanol–water partition coefficient (Wildman–Crippen LogP) is 4.37. The van der Waals surface area contributed by atoms with Gasteiger partial charge in [0.2, 0.25) is 0 Å². The quantitative estimate of drug-likeness (QED) is 0.396. The summed E-state index contributed by atoms with van der Waals surface area (Å²) in [5.74, 6) is 0. The van der Waals surface area contributed by atoms with Gasteiger partial charge in [-0.1, -0.05) is 36.4 Å². The largest absolute Gasteiger partial charge is 0.316 e. The summed E-state index contributed by atoms with van der Waals surface area (Å²) in [6.45, 7) is 6.06. The molecule has 1 atom stereocenters. The van der Waals surface area contributed by atoms with Crippen LogP contribution in [0.25, 0.3) is 27.9 Å². The van der Waals surface area contributed by atoms with Gasteiger partial charge < -0.3 is 10.2 Å². The number of nitrogens with zero attached hydrogens (tertiary/aromatic N) is 4. The molecule has 1 spiro atoms. The maximum Gasteiger partial charge on any atom is 0.190 e. The van der Waals surface area contributed by atoms with E-state index >= 15 is 0 Å². The Morgan fingerprint density at radius 2 is 1.80 bits per heavy atom. The van der Waals surface area contributed by atoms with E-state index in [2.05, 4.69) is 39.6 Å². The number of hydrogen-bond acceptors (Lipinski definition) is 5. The molecular formula is C28H32N5OS+. The van der Waals surface area contributed by atoms with Gasteiger partial charge >= 0.3 is 0 Å². The lowest BCUT2D eigenvalue weighted by Crippen LogP contribution is -2.58. The van der Waals surface area contributed by atoms with Crippen molar-refractivity contribution in [1.29, 1.82) is 0 Å². The number of aromatic nitrogens is 3. The third kappa shape index (κ3) is 4.61. The fourth-order valence-electron chi connectivity index (χ4n) is 5.31. The van der Waals surface area contributed by atoms with Crippen molar-refractivity contribution in [3.05, 3.63) is 72.7 Å². The van der Waals surface area contributed by atoms with Crippen LogP contribution in [0.15, 0.2) is 72.0 Å². The SMILES string of the molecule is C[S+](O)c1cccc(-c2cnn3cc(-c4ccc(CCN5CCC6(CC5)CNC6)cc4)cnc23)c1. The molecule has 1 unspecified atom stereocenters. The molecule has 180 valence electrons. The minimum atomic E-state index is -0.772. The van der Waals surface area contributed by atoms with Gasteiger partial charge in [0.1, 0.15) is 6.26 Å². The van der Waals surface area contributed by atoms with Crippen LogP contribution in [0.2, 0.25) is 0 Å². The number of rotatable bonds is 6. The zero-order valence-corrected chi connectivity index (χ0v) is 21.0. The van der Waals surface area contributed by atoms with E-state index in [4.69, 9.17) is 4.98 Å². The van der Waals surface area contributed by atoms with E-state index in [-0.39, 0.29) is 0 Å². The zero-order chi connectivity index (χ0) is 23.8. The predicted molar refractivity (Wildman–Crippen MR) is 143 cm³/mol. The van der Waals surface area contributed by atoms with E-state index in [1.807, 2.05) is 47.4 Å². The van der Waals surface area contributed by atoms with Crippen LogP contribution in [0.5, 0.6) is 0 Å². The van der Waals surface area contributed by atoms with Gasteiger partial charge in [0.25, 0.3) is 0 Å². The molecule has 2 aliphatic heterocycles. The number of nitrogens with one attached hydrogen (secondary N) is 1. The van der Waals surface area contributed by atoms with Crippen molar-refractivity contribution in [1.82, 2.24) is 24.8 Å². The Bertz CT molecular complexity index is 1320. The maximum absolute atomic E-state index is 9.96. The van der Waals surface area contributed by atoms with E-state index in [0.29, 0.717) is 5.41 Å². The fourth-order valence-corrected chi connectivity index (χ4v) is 5.88. The van der Waals surface area contributed by atoms with Gasteiger partial charge in [0.15, 0.2) is 21.7 Å². The molecule has 4 aromatic rings. The van der Waals surface area contributed by atoms with E-state index in [1.165, 1.54) is 44.6 Å². The molecule has 2 fully saturated rings. The number of fused-ring (bicyclic) bond motifs is 1. The normalized spacial score (nSPS) is 18.6. The second-order valence-corrected chi connectivity index (χ2v) is 11.5. The summed E-state index contributed by atoms with van der Waals surface area (Å²) in [7, 11) is 0. The first-order chi connectivity index (χ1) is 17.1. The Morgan fingerprint density at radius 1 is 1.00 bits per heavy atom. The second kappa shape index (κ2) is 9.39. The molecule has 0 amide bonds. The molecule has 2 N–H and O–H groups in total. The lowest BCUT2D eigenvalue weighted by atomic mass is 9.73. The van der Waals surface area contributed by atoms with Gasteiger partial charge in [-0.3, -0.25) is 0 Å². The van der Waals surface area contributed by atoms with Crippen LogP contribution < -0.4 is 5.32 Å². The van der Waals surface area contributed by atoms with Crippen LogP contribution in [0.3, 0.4) is 0 Å². The van der Waals surface area contributed by atoms with Crippen LogP contribution in [0.4, 0.5) is 0 Å². The van der Waals surface area contributed by atoms with Gasteiger partial charge in [-0.25, -0.2) is 9.50 Å². The number of hydrogen-bond donors (Lipinski definition) is 2. The summed E-state index contributed by atoms with van der Waals surface area (Å²) < 4.78 is 11.8. The number of likely N-dealkylation sites (tertiary alicyclic amines) is 1. The topological polar surface area (TPSA) is 65.7 Å². The molecule has 6 nitrogen and oxygen atoms in total. The number of benzene rings is 2. The van der Waals surface area contributed by atoms with Crippen LogP contribution in [0.1, 0.15) is 18.4 Å². The van der Waals surface area contributed by atoms with Gasteiger partial charge in [-0.15, -0.1) is 0 Å². The average Bonchev–Trinajstić information content (AvgIpc) is 3.31. The van der Waals surface area contributed by atoms with E-state index in [9.17, 15) is 4.55 Å². The Hall–Kier alpha value is -2.71. The van der Waals surface area contributed by atoms with Gasteiger partial charge in [-0.05, 0) is 60.5 Å². The molecule has 35 heavy (non-hydrogen) atoms. The fraction of sp³-hybridized carbons (Fsp3) is 0.357. The van der Waals surface area contributed by atoms with E-state index in [0.717, 1.165) is 45.8 Å². The average molecular weight is 487 g/mol. The Balaban J connectivity index is 1.13. The molecule has 2 aliphatic rings. The smallest absolute Gasteiger partial charge is 0.190 e. The van der Waals surface area contributed by atoms with Crippen molar-refractivity contribution in [3.8, 4) is 22.3 Å². The lowest BCUT2D eigenvalue weighted by Gasteiger charge is -2.48. The molecular weight excluding hydrogens is 454 g/mol. The monoisotopic (exact) mass is 486 g/mol. The van der Waals surface area contributed by atoms with Crippen LogP contribution in [-0.2, 0) is 17.6 Å². The summed E-state index contributed by atoms with van der Waals surface area (Å²) in [4.78, 5) is 8.28. The first-order valence-electron chi connectivity index (χ1n) is 12.4. The number of piperidine rings is 1. The first-order valence-corrected chi connectivity index (χ1v) is 14.0. The third-order valence-corrected chi connectivity index (χ3v) is 8.70. The summed E-state index contributed by atoms with van der Waals surface area (Å²) in [6, 6.07) is 16.9. The maximum atomic E-state index is 9.96. The highest BCUT2D eigenvalue weighted by Gasteiger charge is 2.39. The summed E-state index contributed by atoms with van der Waals surface area (Å²) in [5, 5.41) is 8.01. The lowest BCUT2D eigenvalue weighted by molar-refractivity contribution is 0.0560. The molecule has 0 radical (unpaired) electrons. The van der Waals surface area contributed by atoms with E-state index in [1.54, 1.807) is 6.26 Å². The van der Waals surface area contributed by atoms with Crippen molar-refractivity contribution in [2.75, 3.05) is 39.0 Å². The van der Waals surface area contributed by atoms with Gasteiger partial charge in [0.05, 0.1) is 6.20 Å². The third-order valence-electron chi connectivity index (χ3n) is 7.76. The Labute approximate surface area is 209 Å². The summed E-state index contributed by atoms with van der Waals surface area (Å²) >= 11 is -0.772. The van der Waals surface area contributed by atoms with Crippen molar-refractivity contribution in [2.45, 2.75) is 24.2 Å². The van der Waals surface area contributed by atoms with Crippen molar-refractivity contribution in [2.24, 2.45) is 5.41 Å². The molecule has 2 saturated heterocycles.